The summed E-state index contributed by atoms with van der Waals surface area (Å²) in [5.41, 5.74) is 0.771. The van der Waals surface area contributed by atoms with E-state index >= 15 is 0 Å². The van der Waals surface area contributed by atoms with Gasteiger partial charge in [-0.05, 0) is 26.0 Å². The minimum atomic E-state index is -0.168. The highest BCUT2D eigenvalue weighted by Crippen LogP contribution is 2.39. The molecule has 1 fully saturated rings. The van der Waals surface area contributed by atoms with Crippen LogP contribution in [0.25, 0.3) is 0 Å². The summed E-state index contributed by atoms with van der Waals surface area (Å²) >= 11 is 0. The molecule has 1 saturated heterocycles. The van der Waals surface area contributed by atoms with E-state index in [0.29, 0.717) is 13.0 Å². The third-order valence-electron chi connectivity index (χ3n) is 3.37. The fourth-order valence-corrected chi connectivity index (χ4v) is 2.44. The third-order valence-corrected chi connectivity index (χ3v) is 3.37. The van der Waals surface area contributed by atoms with Crippen LogP contribution >= 0.6 is 0 Å². The molecule has 0 aromatic heterocycles. The van der Waals surface area contributed by atoms with Gasteiger partial charge in [-0.2, -0.15) is 0 Å². The van der Waals surface area contributed by atoms with Crippen LogP contribution in [0.5, 0.6) is 11.5 Å². The number of hydrogen-bond donors (Lipinski definition) is 0. The summed E-state index contributed by atoms with van der Waals surface area (Å²) in [6.45, 7) is 4.58. The van der Waals surface area contributed by atoms with Gasteiger partial charge in [0.1, 0.15) is 11.5 Å². The van der Waals surface area contributed by atoms with Crippen molar-refractivity contribution in [2.24, 2.45) is 0 Å². The number of ketones is 1. The van der Waals surface area contributed by atoms with E-state index in [1.807, 2.05) is 18.2 Å². The second-order valence-corrected chi connectivity index (χ2v) is 5.15. The standard InChI is InChI=1S/C14H19NO3/c1-14(2)8-10(16)9-15(14)12-6-5-11(17-3)7-13(12)18-4/h5-7H,8-9H2,1-4H3. The van der Waals surface area contributed by atoms with Gasteiger partial charge < -0.3 is 14.4 Å². The molecule has 18 heavy (non-hydrogen) atoms. The third kappa shape index (κ3) is 2.15. The van der Waals surface area contributed by atoms with Gasteiger partial charge in [0.05, 0.1) is 26.5 Å². The molecule has 4 nitrogen and oxygen atoms in total. The van der Waals surface area contributed by atoms with E-state index in [4.69, 9.17) is 9.47 Å². The molecule has 0 amide bonds. The van der Waals surface area contributed by atoms with Crippen LogP contribution in [0.3, 0.4) is 0 Å². The van der Waals surface area contributed by atoms with Gasteiger partial charge in [0.25, 0.3) is 0 Å². The highest BCUT2D eigenvalue weighted by atomic mass is 16.5. The van der Waals surface area contributed by atoms with Crippen LogP contribution in [0.15, 0.2) is 18.2 Å². The Bertz CT molecular complexity index is 468. The van der Waals surface area contributed by atoms with Crippen molar-refractivity contribution in [2.75, 3.05) is 25.7 Å². The van der Waals surface area contributed by atoms with Crippen LogP contribution in [0.1, 0.15) is 20.3 Å². The molecule has 0 aliphatic carbocycles. The van der Waals surface area contributed by atoms with Crippen LogP contribution in [0.4, 0.5) is 5.69 Å². The molecular weight excluding hydrogens is 230 g/mol. The van der Waals surface area contributed by atoms with E-state index in [9.17, 15) is 4.79 Å². The second-order valence-electron chi connectivity index (χ2n) is 5.15. The van der Waals surface area contributed by atoms with E-state index < -0.39 is 0 Å². The number of methoxy groups -OCH3 is 2. The molecule has 0 unspecified atom stereocenters. The molecule has 0 bridgehead atoms. The zero-order valence-corrected chi connectivity index (χ0v) is 11.3. The lowest BCUT2D eigenvalue weighted by atomic mass is 10.0. The van der Waals surface area contributed by atoms with Crippen molar-refractivity contribution in [3.63, 3.8) is 0 Å². The summed E-state index contributed by atoms with van der Waals surface area (Å²) in [5, 5.41) is 0. The largest absolute Gasteiger partial charge is 0.497 e. The quantitative estimate of drug-likeness (QED) is 0.823. The Hall–Kier alpha value is -1.71. The number of rotatable bonds is 3. The Morgan fingerprint density at radius 3 is 2.44 bits per heavy atom. The Morgan fingerprint density at radius 1 is 1.22 bits per heavy atom. The lowest BCUT2D eigenvalue weighted by molar-refractivity contribution is -0.116. The lowest BCUT2D eigenvalue weighted by Crippen LogP contribution is -2.38. The van der Waals surface area contributed by atoms with Gasteiger partial charge in [-0.15, -0.1) is 0 Å². The maximum Gasteiger partial charge on any atom is 0.154 e. The average Bonchev–Trinajstić information content (AvgIpc) is 2.61. The molecule has 0 saturated carbocycles. The number of anilines is 1. The Kier molecular flexibility index (Phi) is 3.20. The Morgan fingerprint density at radius 2 is 1.94 bits per heavy atom. The van der Waals surface area contributed by atoms with E-state index in [1.165, 1.54) is 0 Å². The number of carbonyl (C=O) groups is 1. The van der Waals surface area contributed by atoms with E-state index in [1.54, 1.807) is 14.2 Å². The summed E-state index contributed by atoms with van der Waals surface area (Å²) in [4.78, 5) is 13.7. The Balaban J connectivity index is 2.41. The molecule has 1 aromatic carbocycles. The fraction of sp³-hybridized carbons (Fsp3) is 0.500. The highest BCUT2D eigenvalue weighted by Gasteiger charge is 2.38. The Labute approximate surface area is 107 Å². The molecule has 0 N–H and O–H groups in total. The van der Waals surface area contributed by atoms with Crippen molar-refractivity contribution < 1.29 is 14.3 Å². The van der Waals surface area contributed by atoms with E-state index in [-0.39, 0.29) is 11.3 Å². The van der Waals surface area contributed by atoms with Gasteiger partial charge in [-0.3, -0.25) is 4.79 Å². The van der Waals surface area contributed by atoms with Gasteiger partial charge in [0.2, 0.25) is 0 Å². The minimum Gasteiger partial charge on any atom is -0.497 e. The number of ether oxygens (including phenoxy) is 2. The van der Waals surface area contributed by atoms with E-state index in [0.717, 1.165) is 17.2 Å². The number of hydrogen-bond acceptors (Lipinski definition) is 4. The molecule has 2 rings (SSSR count). The van der Waals surface area contributed by atoms with Gasteiger partial charge >= 0.3 is 0 Å². The molecule has 0 atom stereocenters. The topological polar surface area (TPSA) is 38.8 Å². The molecule has 1 aromatic rings. The number of nitrogens with zero attached hydrogens (tertiary/aromatic N) is 1. The molecule has 0 spiro atoms. The van der Waals surface area contributed by atoms with Crippen molar-refractivity contribution >= 4 is 11.5 Å². The fourth-order valence-electron chi connectivity index (χ4n) is 2.44. The molecule has 98 valence electrons. The van der Waals surface area contributed by atoms with Gasteiger partial charge in [0.15, 0.2) is 5.78 Å². The first-order valence-electron chi connectivity index (χ1n) is 5.99. The zero-order valence-electron chi connectivity index (χ0n) is 11.3. The van der Waals surface area contributed by atoms with Crippen LogP contribution in [-0.2, 0) is 4.79 Å². The van der Waals surface area contributed by atoms with Gasteiger partial charge in [-0.1, -0.05) is 0 Å². The minimum absolute atomic E-state index is 0.168. The van der Waals surface area contributed by atoms with Crippen LogP contribution in [0, 0.1) is 0 Å². The number of benzene rings is 1. The normalized spacial score (nSPS) is 18.0. The maximum absolute atomic E-state index is 11.7. The predicted molar refractivity (Wildman–Crippen MR) is 70.6 cm³/mol. The summed E-state index contributed by atoms with van der Waals surface area (Å²) < 4.78 is 10.6. The summed E-state index contributed by atoms with van der Waals surface area (Å²) in [6.07, 6.45) is 0.572. The molecule has 1 heterocycles. The van der Waals surface area contributed by atoms with Gasteiger partial charge in [0, 0.05) is 18.0 Å². The summed E-state index contributed by atoms with van der Waals surface area (Å²) in [5.74, 6) is 1.74. The lowest BCUT2D eigenvalue weighted by Gasteiger charge is -2.33. The van der Waals surface area contributed by atoms with Crippen molar-refractivity contribution in [3.8, 4) is 11.5 Å². The predicted octanol–water partition coefficient (Wildman–Crippen LogP) is 2.26. The monoisotopic (exact) mass is 249 g/mol. The van der Waals surface area contributed by atoms with Crippen molar-refractivity contribution in [2.45, 2.75) is 25.8 Å². The molecule has 1 aliphatic heterocycles. The van der Waals surface area contributed by atoms with Crippen molar-refractivity contribution in [1.82, 2.24) is 0 Å². The second kappa shape index (κ2) is 4.52. The maximum atomic E-state index is 11.7. The van der Waals surface area contributed by atoms with Crippen LogP contribution in [0.2, 0.25) is 0 Å². The first kappa shape index (κ1) is 12.7. The zero-order chi connectivity index (χ0) is 13.3. The first-order chi connectivity index (χ1) is 8.47. The first-order valence-corrected chi connectivity index (χ1v) is 5.99. The van der Waals surface area contributed by atoms with Crippen molar-refractivity contribution in [1.29, 1.82) is 0 Å². The number of carbonyl (C=O) groups excluding carboxylic acids is 1. The smallest absolute Gasteiger partial charge is 0.154 e. The summed E-state index contributed by atoms with van der Waals surface area (Å²) in [6, 6.07) is 5.67. The van der Waals surface area contributed by atoms with Gasteiger partial charge in [-0.25, -0.2) is 0 Å². The van der Waals surface area contributed by atoms with Crippen LogP contribution < -0.4 is 14.4 Å². The highest BCUT2D eigenvalue weighted by molar-refractivity contribution is 5.90. The van der Waals surface area contributed by atoms with Crippen LogP contribution in [-0.4, -0.2) is 32.1 Å². The number of Topliss-reactive ketones (excluding diaryl/α,β-unsaturated/α-hetero) is 1. The average molecular weight is 249 g/mol. The molecule has 0 radical (unpaired) electrons. The SMILES string of the molecule is COc1ccc(N2CC(=O)CC2(C)C)c(OC)c1. The molecular formula is C14H19NO3. The van der Waals surface area contributed by atoms with Crippen molar-refractivity contribution in [3.05, 3.63) is 18.2 Å². The van der Waals surface area contributed by atoms with E-state index in [2.05, 4.69) is 18.7 Å². The molecule has 4 heteroatoms. The summed E-state index contributed by atoms with van der Waals surface area (Å²) in [7, 11) is 3.25. The molecule has 1 aliphatic rings.